The number of hydrogen-bond acceptors (Lipinski definition) is 19. The molecule has 0 aromatic heterocycles. The van der Waals surface area contributed by atoms with Crippen LogP contribution in [0.4, 0.5) is 39.8 Å². The number of nitrogens with one attached hydrogen (secondary N) is 1. The molecule has 1 atom stereocenters. The van der Waals surface area contributed by atoms with Crippen molar-refractivity contribution in [3.8, 4) is 11.5 Å². The first kappa shape index (κ1) is 46.5. The van der Waals surface area contributed by atoms with E-state index in [1.54, 1.807) is 0 Å². The third kappa shape index (κ3) is 10.1. The Hall–Kier alpha value is -7.96. The Morgan fingerprint density at radius 2 is 1.38 bits per heavy atom. The zero-order valence-corrected chi connectivity index (χ0v) is 35.0. The van der Waals surface area contributed by atoms with Crippen LogP contribution in [0.5, 0.6) is 11.5 Å². The van der Waals surface area contributed by atoms with Crippen molar-refractivity contribution >= 4 is 110 Å². The van der Waals surface area contributed by atoms with Gasteiger partial charge in [0.1, 0.15) is 32.6 Å². The fourth-order valence-corrected chi connectivity index (χ4v) is 7.55. The molecule has 0 fully saturated rings. The van der Waals surface area contributed by atoms with Crippen LogP contribution in [0.1, 0.15) is 5.56 Å². The number of hydrogen-bond donors (Lipinski definition) is 7. The summed E-state index contributed by atoms with van der Waals surface area (Å²) < 4.78 is 107. The van der Waals surface area contributed by atoms with Crippen molar-refractivity contribution in [3.63, 3.8) is 0 Å². The number of rotatable bonds is 13. The van der Waals surface area contributed by atoms with Gasteiger partial charge in [-0.15, -0.1) is 15.3 Å². The normalized spacial score (nSPS) is 14.7. The number of fused-ring (bicyclic) bond motifs is 1. The van der Waals surface area contributed by atoms with Gasteiger partial charge in [-0.2, -0.15) is 50.7 Å². The molecule has 0 saturated carbocycles. The molecular formula is C36H27N9O17S3. The molecule has 0 bridgehead atoms. The van der Waals surface area contributed by atoms with Gasteiger partial charge in [0, 0.05) is 17.1 Å². The number of carbonyl (C=O) groups excluding carboxylic acids is 2. The van der Waals surface area contributed by atoms with Crippen molar-refractivity contribution in [2.24, 2.45) is 35.8 Å². The van der Waals surface area contributed by atoms with E-state index in [9.17, 15) is 68.3 Å². The van der Waals surface area contributed by atoms with Crippen LogP contribution in [0.3, 0.4) is 0 Å². The number of phenolic OH excluding ortho intramolecular Hbond substituents is 1. The van der Waals surface area contributed by atoms with Gasteiger partial charge in [0.25, 0.3) is 36.3 Å². The molecule has 5 aromatic rings. The SMILES string of the molecule is COc1cc(/N=N/c2ccc(NC(=O)C(=O)O)cc2S(=O)(=O)O)c(C)cc1/N=N/c1c(S(=O)(=O)O)cc2cc(/N=N/C3C(=O)N(c4ccc(S(=O)(=O)O)cc4)N=C3C(=O)O)ccc2c1O. The predicted octanol–water partition coefficient (Wildman–Crippen LogP) is 5.40. The Balaban J connectivity index is 1.29. The number of hydrazone groups is 1. The van der Waals surface area contributed by atoms with Crippen LogP contribution in [-0.2, 0) is 49.5 Å². The first-order chi connectivity index (χ1) is 30.4. The monoisotopic (exact) mass is 953 g/mol. The van der Waals surface area contributed by atoms with E-state index < -0.39 is 97.7 Å². The zero-order valence-electron chi connectivity index (χ0n) is 32.6. The summed E-state index contributed by atoms with van der Waals surface area (Å²) in [6, 6.07) is 12.2. The third-order valence-electron chi connectivity index (χ3n) is 8.82. The van der Waals surface area contributed by atoms with Crippen molar-refractivity contribution in [2.45, 2.75) is 27.7 Å². The van der Waals surface area contributed by atoms with Gasteiger partial charge in [0.15, 0.2) is 11.5 Å². The summed E-state index contributed by atoms with van der Waals surface area (Å²) in [4.78, 5) is 45.3. The molecule has 0 spiro atoms. The van der Waals surface area contributed by atoms with Gasteiger partial charge in [-0.3, -0.25) is 23.2 Å². The summed E-state index contributed by atoms with van der Waals surface area (Å²) in [5.41, 5.74) is -2.16. The van der Waals surface area contributed by atoms with E-state index in [1.807, 2.05) is 5.32 Å². The summed E-state index contributed by atoms with van der Waals surface area (Å²) in [5, 5.41) is 59.4. The molecule has 6 rings (SSSR count). The number of carboxylic acid groups (broad SMARTS) is 2. The second-order valence-electron chi connectivity index (χ2n) is 13.1. The van der Waals surface area contributed by atoms with Crippen molar-refractivity contribution in [3.05, 3.63) is 84.4 Å². The molecule has 1 heterocycles. The smallest absolute Gasteiger partial charge is 0.394 e. The molecule has 336 valence electrons. The van der Waals surface area contributed by atoms with Crippen LogP contribution < -0.4 is 15.1 Å². The fourth-order valence-electron chi connectivity index (χ4n) is 5.76. The maximum Gasteiger partial charge on any atom is 0.394 e. The molecule has 1 aliphatic rings. The number of aryl methyl sites for hydroxylation is 1. The van der Waals surface area contributed by atoms with E-state index in [0.29, 0.717) is 5.01 Å². The average Bonchev–Trinajstić information content (AvgIpc) is 3.57. The number of aliphatic carboxylic acids is 2. The fraction of sp³-hybridized carbons (Fsp3) is 0.0833. The number of phenols is 1. The number of carbonyl (C=O) groups is 4. The first-order valence-corrected chi connectivity index (χ1v) is 21.8. The Labute approximate surface area is 364 Å². The second kappa shape index (κ2) is 17.7. The second-order valence-corrected chi connectivity index (χ2v) is 17.3. The highest BCUT2D eigenvalue weighted by molar-refractivity contribution is 7.86. The maximum absolute atomic E-state index is 13.2. The molecule has 65 heavy (non-hydrogen) atoms. The van der Waals surface area contributed by atoms with Crippen LogP contribution in [0, 0.1) is 6.92 Å². The van der Waals surface area contributed by atoms with Gasteiger partial charge in [0.05, 0.1) is 29.1 Å². The lowest BCUT2D eigenvalue weighted by Crippen LogP contribution is -2.33. The van der Waals surface area contributed by atoms with Crippen LogP contribution >= 0.6 is 0 Å². The lowest BCUT2D eigenvalue weighted by atomic mass is 10.1. The Morgan fingerprint density at radius 1 is 0.738 bits per heavy atom. The van der Waals surface area contributed by atoms with Gasteiger partial charge in [-0.25, -0.2) is 9.59 Å². The van der Waals surface area contributed by atoms with E-state index in [2.05, 4.69) is 35.8 Å². The number of anilines is 2. The lowest BCUT2D eigenvalue weighted by Gasteiger charge is -2.12. The number of azo groups is 3. The highest BCUT2D eigenvalue weighted by Crippen LogP contribution is 2.44. The minimum Gasteiger partial charge on any atom is -0.505 e. The highest BCUT2D eigenvalue weighted by Gasteiger charge is 2.41. The predicted molar refractivity (Wildman–Crippen MR) is 221 cm³/mol. The van der Waals surface area contributed by atoms with Crippen LogP contribution in [-0.4, -0.2) is 96.8 Å². The number of nitrogens with zero attached hydrogens (tertiary/aromatic N) is 8. The van der Waals surface area contributed by atoms with E-state index in [-0.39, 0.29) is 50.5 Å². The summed E-state index contributed by atoms with van der Waals surface area (Å²) >= 11 is 0. The summed E-state index contributed by atoms with van der Waals surface area (Å²) in [5.74, 6) is -6.88. The minimum atomic E-state index is -5.16. The molecule has 0 radical (unpaired) electrons. The molecule has 2 amide bonds. The van der Waals surface area contributed by atoms with Gasteiger partial charge >= 0.3 is 17.8 Å². The van der Waals surface area contributed by atoms with Crippen LogP contribution in [0.15, 0.2) is 129 Å². The number of carboxylic acids is 2. The largest absolute Gasteiger partial charge is 0.505 e. The van der Waals surface area contributed by atoms with E-state index in [0.717, 1.165) is 48.5 Å². The number of methoxy groups -OCH3 is 1. The Kier molecular flexibility index (Phi) is 12.6. The van der Waals surface area contributed by atoms with Crippen molar-refractivity contribution in [2.75, 3.05) is 17.4 Å². The van der Waals surface area contributed by atoms with Crippen molar-refractivity contribution in [1.82, 2.24) is 0 Å². The van der Waals surface area contributed by atoms with Gasteiger partial charge in [0.2, 0.25) is 6.04 Å². The van der Waals surface area contributed by atoms with E-state index in [4.69, 9.17) is 9.84 Å². The van der Waals surface area contributed by atoms with Crippen LogP contribution in [0.25, 0.3) is 10.8 Å². The summed E-state index contributed by atoms with van der Waals surface area (Å²) in [6.45, 7) is 1.49. The molecule has 0 aliphatic carbocycles. The molecule has 1 unspecified atom stereocenters. The molecule has 1 aliphatic heterocycles. The third-order valence-corrected chi connectivity index (χ3v) is 11.4. The molecular weight excluding hydrogens is 927 g/mol. The number of ether oxygens (including phenoxy) is 1. The van der Waals surface area contributed by atoms with E-state index in [1.165, 1.54) is 44.4 Å². The number of amides is 2. The lowest BCUT2D eigenvalue weighted by molar-refractivity contribution is -0.147. The van der Waals surface area contributed by atoms with Gasteiger partial charge in [-0.05, 0) is 90.7 Å². The summed E-state index contributed by atoms with van der Waals surface area (Å²) in [6.07, 6.45) is 0. The standard InChI is InChI=1S/C36H27N9O17S3/c1-16-11-25(26(62-2)15-24(16)40-39-23-10-4-18(37-33(47)36(51)52)14-27(23)64(56,57)58)41-42-29-28(65(59,60)61)13-17-12-19(3-9-22(17)32(29)46)38-43-30-31(35(49)50)44-45(34(30)48)20-5-7-21(8-6-20)63(53,54)55/h3-15,30,46H,1-2H3,(H,37,47)(H,49,50)(H,51,52)(H,53,54,55)(H,56,57,58)(H,59,60,61)/b40-39+,42-41+,43-38+. The molecule has 29 heteroatoms. The van der Waals surface area contributed by atoms with Crippen LogP contribution in [0.2, 0.25) is 0 Å². The topological polar surface area (TPSA) is 403 Å². The van der Waals surface area contributed by atoms with Gasteiger partial charge < -0.3 is 25.4 Å². The Morgan fingerprint density at radius 3 is 1.98 bits per heavy atom. The highest BCUT2D eigenvalue weighted by atomic mass is 32.2. The summed E-state index contributed by atoms with van der Waals surface area (Å²) in [7, 11) is -13.5. The maximum atomic E-state index is 13.2. The number of benzene rings is 5. The van der Waals surface area contributed by atoms with E-state index >= 15 is 0 Å². The quantitative estimate of drug-likeness (QED) is 0.0441. The molecule has 7 N–H and O–H groups in total. The van der Waals surface area contributed by atoms with Crippen molar-refractivity contribution < 1.29 is 78.1 Å². The molecule has 5 aromatic carbocycles. The Bertz CT molecular complexity index is 3340. The first-order valence-electron chi connectivity index (χ1n) is 17.5. The minimum absolute atomic E-state index is 0.0413. The average molecular weight is 954 g/mol. The molecule has 0 saturated heterocycles. The van der Waals surface area contributed by atoms with Crippen molar-refractivity contribution in [1.29, 1.82) is 0 Å². The zero-order chi connectivity index (χ0) is 47.8. The molecule has 26 nitrogen and oxygen atoms in total. The number of aromatic hydroxyl groups is 1. The van der Waals surface area contributed by atoms with Gasteiger partial charge in [-0.1, -0.05) is 0 Å².